The van der Waals surface area contributed by atoms with E-state index in [2.05, 4.69) is 15.6 Å². The number of carbonyl (C=O) groups excluding carboxylic acids is 2. The highest BCUT2D eigenvalue weighted by molar-refractivity contribution is 5.91. The summed E-state index contributed by atoms with van der Waals surface area (Å²) in [7, 11) is 0. The first-order valence-electron chi connectivity index (χ1n) is 9.76. The van der Waals surface area contributed by atoms with E-state index in [1.54, 1.807) is 25.1 Å². The zero-order valence-electron chi connectivity index (χ0n) is 17.1. The number of aliphatic hydroxyl groups excluding tert-OH is 1. The molecule has 6 N–H and O–H groups in total. The molecule has 162 valence electrons. The van der Waals surface area contributed by atoms with Crippen molar-refractivity contribution in [3.8, 4) is 0 Å². The fraction of sp³-hybridized carbons (Fsp3) is 0.429. The van der Waals surface area contributed by atoms with Crippen LogP contribution in [0.25, 0.3) is 10.9 Å². The fourth-order valence-corrected chi connectivity index (χ4v) is 3.34. The maximum Gasteiger partial charge on any atom is 0.326 e. The SMILES string of the molecule is CC(=O)N[C@@H](CCCN)C(=O)N[C@@H](Cc1cccc2c(CO)cc(C)nc12)C(=O)O. The summed E-state index contributed by atoms with van der Waals surface area (Å²) < 4.78 is 0. The molecule has 0 saturated heterocycles. The molecular formula is C21H28N4O5. The van der Waals surface area contributed by atoms with Gasteiger partial charge in [0, 0.05) is 24.4 Å². The van der Waals surface area contributed by atoms with E-state index in [9.17, 15) is 24.6 Å². The lowest BCUT2D eigenvalue weighted by Crippen LogP contribution is -2.52. The number of para-hydroxylation sites is 1. The second-order valence-corrected chi connectivity index (χ2v) is 7.18. The minimum atomic E-state index is -1.21. The first kappa shape index (κ1) is 23.2. The zero-order chi connectivity index (χ0) is 22.3. The maximum absolute atomic E-state index is 12.6. The minimum absolute atomic E-state index is 0.00339. The molecule has 0 aliphatic heterocycles. The van der Waals surface area contributed by atoms with Gasteiger partial charge in [0.15, 0.2) is 0 Å². The van der Waals surface area contributed by atoms with E-state index in [0.29, 0.717) is 41.7 Å². The average Bonchev–Trinajstić information content (AvgIpc) is 2.69. The van der Waals surface area contributed by atoms with Gasteiger partial charge in [-0.15, -0.1) is 0 Å². The molecule has 0 fully saturated rings. The van der Waals surface area contributed by atoms with Crippen molar-refractivity contribution < 1.29 is 24.6 Å². The van der Waals surface area contributed by atoms with E-state index < -0.39 is 24.0 Å². The van der Waals surface area contributed by atoms with E-state index in [1.165, 1.54) is 6.92 Å². The van der Waals surface area contributed by atoms with Gasteiger partial charge in [0.05, 0.1) is 12.1 Å². The molecule has 30 heavy (non-hydrogen) atoms. The largest absolute Gasteiger partial charge is 0.480 e. The van der Waals surface area contributed by atoms with Crippen molar-refractivity contribution in [2.75, 3.05) is 6.54 Å². The normalized spacial score (nSPS) is 12.9. The summed E-state index contributed by atoms with van der Waals surface area (Å²) >= 11 is 0. The summed E-state index contributed by atoms with van der Waals surface area (Å²) in [5, 5.41) is 25.1. The monoisotopic (exact) mass is 416 g/mol. The third-order valence-electron chi connectivity index (χ3n) is 4.74. The lowest BCUT2D eigenvalue weighted by molar-refractivity contribution is -0.142. The van der Waals surface area contributed by atoms with Gasteiger partial charge in [-0.1, -0.05) is 18.2 Å². The molecule has 2 rings (SSSR count). The lowest BCUT2D eigenvalue weighted by Gasteiger charge is -2.21. The Morgan fingerprint density at radius 3 is 2.50 bits per heavy atom. The Labute approximate surface area is 174 Å². The molecule has 0 unspecified atom stereocenters. The molecule has 2 amide bonds. The smallest absolute Gasteiger partial charge is 0.326 e. The number of aliphatic hydroxyl groups is 1. The summed E-state index contributed by atoms with van der Waals surface area (Å²) in [5.41, 5.74) is 8.10. The highest BCUT2D eigenvalue weighted by atomic mass is 16.4. The van der Waals surface area contributed by atoms with E-state index in [0.717, 1.165) is 5.39 Å². The second kappa shape index (κ2) is 10.7. The fourth-order valence-electron chi connectivity index (χ4n) is 3.34. The molecule has 2 atom stereocenters. The number of amides is 2. The van der Waals surface area contributed by atoms with Crippen LogP contribution in [0.3, 0.4) is 0 Å². The van der Waals surface area contributed by atoms with Crippen LogP contribution in [0.4, 0.5) is 0 Å². The molecule has 2 aromatic rings. The van der Waals surface area contributed by atoms with Crippen LogP contribution < -0.4 is 16.4 Å². The Hall–Kier alpha value is -3.04. The summed E-state index contributed by atoms with van der Waals surface area (Å²) in [6, 6.07) is 5.02. The Bertz CT molecular complexity index is 931. The molecule has 1 heterocycles. The Balaban J connectivity index is 2.29. The molecule has 0 radical (unpaired) electrons. The van der Waals surface area contributed by atoms with Gasteiger partial charge < -0.3 is 26.6 Å². The number of aromatic nitrogens is 1. The van der Waals surface area contributed by atoms with Gasteiger partial charge >= 0.3 is 5.97 Å². The van der Waals surface area contributed by atoms with Crippen LogP contribution in [0.2, 0.25) is 0 Å². The Morgan fingerprint density at radius 1 is 1.17 bits per heavy atom. The first-order valence-corrected chi connectivity index (χ1v) is 9.76. The van der Waals surface area contributed by atoms with Crippen LogP contribution >= 0.6 is 0 Å². The number of nitrogens with two attached hydrogens (primary N) is 1. The van der Waals surface area contributed by atoms with E-state index >= 15 is 0 Å². The number of aliphatic carboxylic acids is 1. The predicted molar refractivity (Wildman–Crippen MR) is 112 cm³/mol. The van der Waals surface area contributed by atoms with Crippen molar-refractivity contribution in [3.63, 3.8) is 0 Å². The van der Waals surface area contributed by atoms with Gasteiger partial charge in [0.2, 0.25) is 11.8 Å². The summed E-state index contributed by atoms with van der Waals surface area (Å²) in [6.07, 6.45) is 0.819. The Kier molecular flexibility index (Phi) is 8.25. The minimum Gasteiger partial charge on any atom is -0.480 e. The number of hydrogen-bond donors (Lipinski definition) is 5. The van der Waals surface area contributed by atoms with Gasteiger partial charge in [-0.3, -0.25) is 14.6 Å². The highest BCUT2D eigenvalue weighted by Gasteiger charge is 2.26. The molecule has 0 aliphatic carbocycles. The standard InChI is InChI=1S/C21H28N4O5/c1-12-9-15(11-26)16-6-3-5-14(19(16)23-12)10-18(21(29)30)25-20(28)17(7-4-8-22)24-13(2)27/h3,5-6,9,17-18,26H,4,7-8,10-11,22H2,1-2H3,(H,24,27)(H,25,28)(H,29,30)/t17-,18-/m0/s1. The number of rotatable bonds is 10. The summed E-state index contributed by atoms with van der Waals surface area (Å²) in [4.78, 5) is 40.4. The molecule has 9 nitrogen and oxygen atoms in total. The number of aryl methyl sites for hydroxylation is 1. The molecule has 9 heteroatoms. The van der Waals surface area contributed by atoms with Crippen molar-refractivity contribution >= 4 is 28.7 Å². The van der Waals surface area contributed by atoms with Crippen LogP contribution in [0, 0.1) is 6.92 Å². The summed E-state index contributed by atoms with van der Waals surface area (Å²) in [5.74, 6) is -2.16. The number of hydrogen-bond acceptors (Lipinski definition) is 6. The molecule has 0 bridgehead atoms. The third-order valence-corrected chi connectivity index (χ3v) is 4.74. The first-order chi connectivity index (χ1) is 14.3. The van der Waals surface area contributed by atoms with Crippen LogP contribution in [-0.4, -0.2) is 51.6 Å². The van der Waals surface area contributed by atoms with Crippen molar-refractivity contribution in [3.05, 3.63) is 41.1 Å². The van der Waals surface area contributed by atoms with Gasteiger partial charge in [-0.05, 0) is 43.5 Å². The van der Waals surface area contributed by atoms with Gasteiger partial charge in [-0.2, -0.15) is 0 Å². The zero-order valence-corrected chi connectivity index (χ0v) is 17.1. The van der Waals surface area contributed by atoms with Crippen molar-refractivity contribution in [1.29, 1.82) is 0 Å². The van der Waals surface area contributed by atoms with E-state index in [-0.39, 0.29) is 18.9 Å². The highest BCUT2D eigenvalue weighted by Crippen LogP contribution is 2.23. The lowest BCUT2D eigenvalue weighted by atomic mass is 9.99. The molecule has 0 aliphatic rings. The molecule has 1 aromatic carbocycles. The quantitative estimate of drug-likeness (QED) is 0.375. The molecule has 0 spiro atoms. The maximum atomic E-state index is 12.6. The van der Waals surface area contributed by atoms with Crippen LogP contribution in [-0.2, 0) is 27.4 Å². The second-order valence-electron chi connectivity index (χ2n) is 7.18. The molecule has 1 aromatic heterocycles. The number of carbonyl (C=O) groups is 3. The average molecular weight is 416 g/mol. The van der Waals surface area contributed by atoms with Gasteiger partial charge in [0.25, 0.3) is 0 Å². The summed E-state index contributed by atoms with van der Waals surface area (Å²) in [6.45, 7) is 3.27. The molecule has 0 saturated carbocycles. The number of carboxylic acids is 1. The van der Waals surface area contributed by atoms with Crippen LogP contribution in [0.15, 0.2) is 24.3 Å². The predicted octanol–water partition coefficient (Wildman–Crippen LogP) is 0.391. The van der Waals surface area contributed by atoms with Crippen LogP contribution in [0.5, 0.6) is 0 Å². The number of carboxylic acid groups (broad SMARTS) is 1. The topological polar surface area (TPSA) is 155 Å². The number of nitrogens with one attached hydrogen (secondary N) is 2. The van der Waals surface area contributed by atoms with Crippen molar-refractivity contribution in [1.82, 2.24) is 15.6 Å². The van der Waals surface area contributed by atoms with Crippen molar-refractivity contribution in [2.24, 2.45) is 5.73 Å². The number of pyridine rings is 1. The van der Waals surface area contributed by atoms with Crippen LogP contribution in [0.1, 0.15) is 36.6 Å². The molecular weight excluding hydrogens is 388 g/mol. The Morgan fingerprint density at radius 2 is 1.90 bits per heavy atom. The van der Waals surface area contributed by atoms with E-state index in [1.807, 2.05) is 6.07 Å². The number of nitrogens with zero attached hydrogens (tertiary/aromatic N) is 1. The number of fused-ring (bicyclic) bond motifs is 1. The van der Waals surface area contributed by atoms with E-state index in [4.69, 9.17) is 5.73 Å². The number of benzene rings is 1. The van der Waals surface area contributed by atoms with Gasteiger partial charge in [-0.25, -0.2) is 4.79 Å². The third kappa shape index (κ3) is 5.98. The van der Waals surface area contributed by atoms with Crippen molar-refractivity contribution in [2.45, 2.75) is 51.8 Å². The van der Waals surface area contributed by atoms with Gasteiger partial charge in [0.1, 0.15) is 12.1 Å².